The minimum Gasteiger partial charge on any atom is -0.450 e. The zero-order valence-corrected chi connectivity index (χ0v) is 21.7. The summed E-state index contributed by atoms with van der Waals surface area (Å²) in [4.78, 5) is 25.5. The molecule has 3 nitrogen and oxygen atoms in total. The highest BCUT2D eigenvalue weighted by Gasteiger charge is 2.75. The van der Waals surface area contributed by atoms with Crippen molar-refractivity contribution in [3.8, 4) is 0 Å². The highest BCUT2D eigenvalue weighted by molar-refractivity contribution is 6.33. The molecule has 178 valence electrons. The molecule has 0 aromatic carbocycles. The van der Waals surface area contributed by atoms with Gasteiger partial charge in [-0.3, -0.25) is 9.59 Å². The van der Waals surface area contributed by atoms with E-state index in [9.17, 15) is 9.59 Å². The van der Waals surface area contributed by atoms with Gasteiger partial charge < -0.3 is 4.74 Å². The van der Waals surface area contributed by atoms with Crippen LogP contribution in [0.3, 0.4) is 0 Å². The minimum atomic E-state index is -1.13. The molecule has 5 heteroatoms. The van der Waals surface area contributed by atoms with Crippen molar-refractivity contribution in [3.63, 3.8) is 0 Å². The molecule has 0 heterocycles. The predicted molar refractivity (Wildman–Crippen MR) is 130 cm³/mol. The number of fused-ring (bicyclic) bond motifs is 5. The molecule has 0 spiro atoms. The Bertz CT molecular complexity index is 865. The third-order valence-corrected chi connectivity index (χ3v) is 11.3. The van der Waals surface area contributed by atoms with E-state index in [1.54, 1.807) is 6.92 Å². The maximum absolute atomic E-state index is 13.3. The number of ether oxygens (including phenoxy) is 1. The zero-order chi connectivity index (χ0) is 23.5. The number of unbranched alkanes of at least 4 members (excludes halogenated alkanes) is 1. The molecule has 4 aliphatic carbocycles. The number of carbonyl (C=O) groups excluding carboxylic acids is 2. The quantitative estimate of drug-likeness (QED) is 0.241. The normalized spacial score (nSPS) is 47.2. The number of esters is 1. The highest BCUT2D eigenvalue weighted by atomic mass is 35.5. The van der Waals surface area contributed by atoms with Crippen molar-refractivity contribution >= 4 is 35.0 Å². The first-order chi connectivity index (χ1) is 15.0. The molecule has 4 aliphatic rings. The lowest BCUT2D eigenvalue weighted by molar-refractivity contribution is -0.192. The van der Waals surface area contributed by atoms with Crippen LogP contribution in [0.5, 0.6) is 0 Å². The van der Waals surface area contributed by atoms with Gasteiger partial charge in [0.25, 0.3) is 0 Å². The SMILES string of the molecule is CCCCC(=O)O[C@]1(C(C)=O)C(C)C[C@H]2[C@@H]3CCC4=CCC=C[C@]4(C)[C@@]3(Cl)C(Cl)C[C@@]21C. The Balaban J connectivity index is 1.78. The van der Waals surface area contributed by atoms with Gasteiger partial charge in [0, 0.05) is 23.2 Å². The zero-order valence-electron chi connectivity index (χ0n) is 20.2. The van der Waals surface area contributed by atoms with E-state index in [2.05, 4.69) is 45.9 Å². The summed E-state index contributed by atoms with van der Waals surface area (Å²) in [5.41, 5.74) is -0.541. The molecule has 0 bridgehead atoms. The molecule has 8 atom stereocenters. The lowest BCUT2D eigenvalue weighted by Crippen LogP contribution is -2.68. The standard InChI is InChI=1S/C27H38Cl2O3/c1-6-7-11-23(31)32-27(18(3)30)17(2)15-21-20-13-12-19-10-8-9-14-24(19,4)26(20,29)22(28)16-25(21,27)5/h9-10,14,17,20-22H,6-8,11-13,15-16H2,1-5H3/t17?,20-,21-,22?,24-,25-,26-,27-/m0/s1. The van der Waals surface area contributed by atoms with Gasteiger partial charge in [0.1, 0.15) is 0 Å². The van der Waals surface area contributed by atoms with Crippen LogP contribution >= 0.6 is 23.2 Å². The Morgan fingerprint density at radius 1 is 1.25 bits per heavy atom. The van der Waals surface area contributed by atoms with Crippen LogP contribution in [0.4, 0.5) is 0 Å². The monoisotopic (exact) mass is 480 g/mol. The van der Waals surface area contributed by atoms with E-state index >= 15 is 0 Å². The van der Waals surface area contributed by atoms with E-state index in [0.717, 1.165) is 38.5 Å². The second-order valence-corrected chi connectivity index (χ2v) is 12.3. The van der Waals surface area contributed by atoms with Crippen LogP contribution in [0.2, 0.25) is 0 Å². The summed E-state index contributed by atoms with van der Waals surface area (Å²) in [6.45, 7) is 10.1. The smallest absolute Gasteiger partial charge is 0.306 e. The van der Waals surface area contributed by atoms with E-state index in [4.69, 9.17) is 27.9 Å². The summed E-state index contributed by atoms with van der Waals surface area (Å²) in [5.74, 6) is -0.0309. The molecular weight excluding hydrogens is 443 g/mol. The molecule has 0 saturated heterocycles. The molecule has 0 aliphatic heterocycles. The lowest BCUT2D eigenvalue weighted by atomic mass is 9.46. The first kappa shape index (κ1) is 24.3. The molecule has 0 radical (unpaired) electrons. The third-order valence-electron chi connectivity index (χ3n) is 9.72. The van der Waals surface area contributed by atoms with Gasteiger partial charge in [-0.15, -0.1) is 23.2 Å². The number of rotatable bonds is 5. The molecule has 4 rings (SSSR count). The Kier molecular flexibility index (Phi) is 6.20. The largest absolute Gasteiger partial charge is 0.450 e. The maximum atomic E-state index is 13.3. The molecular formula is C27H38Cl2O3. The topological polar surface area (TPSA) is 43.4 Å². The van der Waals surface area contributed by atoms with E-state index in [0.29, 0.717) is 12.8 Å². The van der Waals surface area contributed by atoms with Gasteiger partial charge in [-0.1, -0.05) is 57.9 Å². The summed E-state index contributed by atoms with van der Waals surface area (Å²) in [5, 5.41) is -0.328. The van der Waals surface area contributed by atoms with Gasteiger partial charge in [-0.05, 0) is 57.3 Å². The maximum Gasteiger partial charge on any atom is 0.306 e. The average Bonchev–Trinajstić information content (AvgIpc) is 2.95. The summed E-state index contributed by atoms with van der Waals surface area (Å²) in [7, 11) is 0. The fourth-order valence-corrected chi connectivity index (χ4v) is 9.43. The van der Waals surface area contributed by atoms with Crippen LogP contribution in [-0.2, 0) is 14.3 Å². The predicted octanol–water partition coefficient (Wildman–Crippen LogP) is 7.00. The van der Waals surface area contributed by atoms with Gasteiger partial charge in [-0.25, -0.2) is 0 Å². The molecule has 32 heavy (non-hydrogen) atoms. The van der Waals surface area contributed by atoms with E-state index in [1.807, 2.05) is 0 Å². The second kappa shape index (κ2) is 8.15. The third kappa shape index (κ3) is 2.98. The number of ketones is 1. The number of carbonyl (C=O) groups is 2. The molecule has 0 aromatic heterocycles. The van der Waals surface area contributed by atoms with Crippen molar-refractivity contribution in [3.05, 3.63) is 23.8 Å². The van der Waals surface area contributed by atoms with Crippen LogP contribution < -0.4 is 0 Å². The van der Waals surface area contributed by atoms with Crippen LogP contribution in [0.25, 0.3) is 0 Å². The van der Waals surface area contributed by atoms with E-state index in [1.165, 1.54) is 5.57 Å². The van der Waals surface area contributed by atoms with Crippen molar-refractivity contribution in [1.29, 1.82) is 0 Å². The van der Waals surface area contributed by atoms with Gasteiger partial charge in [-0.2, -0.15) is 0 Å². The molecule has 0 N–H and O–H groups in total. The Hall–Kier alpha value is -0.800. The number of Topliss-reactive ketones (excluding diaryl/α,β-unsaturated/α-hetero) is 1. The number of hydrogen-bond donors (Lipinski definition) is 0. The Morgan fingerprint density at radius 3 is 2.62 bits per heavy atom. The van der Waals surface area contributed by atoms with Crippen molar-refractivity contribution in [2.45, 2.75) is 102 Å². The summed E-state index contributed by atoms with van der Waals surface area (Å²) >= 11 is 14.9. The number of halogens is 2. The fourth-order valence-electron chi connectivity index (χ4n) is 8.19. The fraction of sp³-hybridized carbons (Fsp3) is 0.778. The minimum absolute atomic E-state index is 0.0500. The number of allylic oxidation sites excluding steroid dienone is 4. The number of alkyl halides is 2. The molecule has 2 unspecified atom stereocenters. The van der Waals surface area contributed by atoms with Crippen LogP contribution in [0, 0.1) is 28.6 Å². The van der Waals surface area contributed by atoms with Crippen LogP contribution in [0.15, 0.2) is 23.8 Å². The summed E-state index contributed by atoms with van der Waals surface area (Å²) in [6.07, 6.45) is 13.2. The van der Waals surface area contributed by atoms with E-state index in [-0.39, 0.29) is 40.3 Å². The van der Waals surface area contributed by atoms with Crippen LogP contribution in [0.1, 0.15) is 86.0 Å². The number of hydrogen-bond acceptors (Lipinski definition) is 3. The van der Waals surface area contributed by atoms with Crippen molar-refractivity contribution in [2.24, 2.45) is 28.6 Å². The molecule has 3 saturated carbocycles. The Labute approximate surface area is 203 Å². The first-order valence-corrected chi connectivity index (χ1v) is 13.2. The van der Waals surface area contributed by atoms with Crippen molar-refractivity contribution in [2.75, 3.05) is 0 Å². The van der Waals surface area contributed by atoms with E-state index < -0.39 is 15.9 Å². The van der Waals surface area contributed by atoms with Crippen LogP contribution in [-0.4, -0.2) is 27.6 Å². The van der Waals surface area contributed by atoms with Crippen molar-refractivity contribution < 1.29 is 14.3 Å². The Morgan fingerprint density at radius 2 is 1.97 bits per heavy atom. The second-order valence-electron chi connectivity index (χ2n) is 11.2. The van der Waals surface area contributed by atoms with Gasteiger partial charge in [0.2, 0.25) is 0 Å². The average molecular weight is 482 g/mol. The molecule has 3 fully saturated rings. The van der Waals surface area contributed by atoms with Crippen molar-refractivity contribution in [1.82, 2.24) is 0 Å². The molecule has 0 amide bonds. The van der Waals surface area contributed by atoms with Gasteiger partial charge in [0.05, 0.1) is 10.3 Å². The summed E-state index contributed by atoms with van der Waals surface area (Å²) < 4.78 is 6.22. The highest BCUT2D eigenvalue weighted by Crippen LogP contribution is 2.73. The van der Waals surface area contributed by atoms with Gasteiger partial charge >= 0.3 is 5.97 Å². The van der Waals surface area contributed by atoms with Gasteiger partial charge in [0.15, 0.2) is 11.4 Å². The summed E-state index contributed by atoms with van der Waals surface area (Å²) in [6, 6.07) is 0. The molecule has 0 aromatic rings. The lowest BCUT2D eigenvalue weighted by Gasteiger charge is -2.64. The first-order valence-electron chi connectivity index (χ1n) is 12.4.